The molecule has 0 bridgehead atoms. The maximum Gasteiger partial charge on any atom is 0.105 e. The minimum Gasteiger partial charge on any atom is -0.335 e. The van der Waals surface area contributed by atoms with Gasteiger partial charge in [0.2, 0.25) is 0 Å². The number of amidine groups is 1. The van der Waals surface area contributed by atoms with Crippen LogP contribution < -0.4 is 5.32 Å². The van der Waals surface area contributed by atoms with Crippen molar-refractivity contribution in [3.8, 4) is 0 Å². The zero-order valence-corrected chi connectivity index (χ0v) is 10.6. The van der Waals surface area contributed by atoms with E-state index in [9.17, 15) is 0 Å². The molecule has 0 spiro atoms. The second-order valence-electron chi connectivity index (χ2n) is 4.32. The fourth-order valence-electron chi connectivity index (χ4n) is 1.76. The van der Waals surface area contributed by atoms with Crippen LogP contribution in [0, 0.1) is 5.92 Å². The summed E-state index contributed by atoms with van der Waals surface area (Å²) in [6, 6.07) is 2.60. The normalized spacial score (nSPS) is 19.8. The molecule has 15 heavy (non-hydrogen) atoms. The SMILES string of the molecule is CCc1cc2c(s1)NC(C(C)C)=NC2C. The van der Waals surface area contributed by atoms with Crippen molar-refractivity contribution < 1.29 is 0 Å². The molecule has 0 saturated carbocycles. The highest BCUT2D eigenvalue weighted by Gasteiger charge is 2.21. The van der Waals surface area contributed by atoms with E-state index >= 15 is 0 Å². The summed E-state index contributed by atoms with van der Waals surface area (Å²) >= 11 is 1.87. The van der Waals surface area contributed by atoms with Gasteiger partial charge in [-0.1, -0.05) is 20.8 Å². The average molecular weight is 222 g/mol. The topological polar surface area (TPSA) is 24.4 Å². The minimum atomic E-state index is 0.315. The van der Waals surface area contributed by atoms with E-state index in [0.29, 0.717) is 12.0 Å². The van der Waals surface area contributed by atoms with Gasteiger partial charge in [-0.05, 0) is 19.4 Å². The Kier molecular flexibility index (Phi) is 2.83. The predicted octanol–water partition coefficient (Wildman–Crippen LogP) is 3.85. The highest BCUT2D eigenvalue weighted by Crippen LogP contribution is 2.37. The van der Waals surface area contributed by atoms with Crippen LogP contribution in [0.3, 0.4) is 0 Å². The van der Waals surface area contributed by atoms with Crippen LogP contribution in [0.1, 0.15) is 44.2 Å². The molecule has 2 rings (SSSR count). The van der Waals surface area contributed by atoms with Crippen LogP contribution in [0.25, 0.3) is 0 Å². The number of hydrogen-bond acceptors (Lipinski definition) is 3. The summed E-state index contributed by atoms with van der Waals surface area (Å²) in [4.78, 5) is 6.13. The summed E-state index contributed by atoms with van der Waals surface area (Å²) in [7, 11) is 0. The molecule has 1 N–H and O–H groups in total. The first-order valence-electron chi connectivity index (χ1n) is 5.59. The lowest BCUT2D eigenvalue weighted by Crippen LogP contribution is -2.23. The molecular weight excluding hydrogens is 204 g/mol. The number of aliphatic imine (C=N–C) groups is 1. The van der Waals surface area contributed by atoms with Crippen molar-refractivity contribution in [1.29, 1.82) is 0 Å². The lowest BCUT2D eigenvalue weighted by atomic mass is 10.1. The van der Waals surface area contributed by atoms with Gasteiger partial charge in [-0.2, -0.15) is 0 Å². The summed E-state index contributed by atoms with van der Waals surface area (Å²) in [5.74, 6) is 1.60. The van der Waals surface area contributed by atoms with Crippen molar-refractivity contribution >= 4 is 22.2 Å². The minimum absolute atomic E-state index is 0.315. The standard InChI is InChI=1S/C12H18N2S/c1-5-9-6-10-8(4)13-11(7(2)3)14-12(10)15-9/h6-8H,5H2,1-4H3,(H,13,14). The number of nitrogens with one attached hydrogen (secondary N) is 1. The second kappa shape index (κ2) is 3.97. The van der Waals surface area contributed by atoms with Crippen molar-refractivity contribution in [3.05, 3.63) is 16.5 Å². The molecule has 2 nitrogen and oxygen atoms in total. The van der Waals surface area contributed by atoms with E-state index in [-0.39, 0.29) is 0 Å². The fourth-order valence-corrected chi connectivity index (χ4v) is 2.86. The molecule has 0 aromatic carbocycles. The first-order chi connectivity index (χ1) is 7.11. The molecule has 1 aliphatic heterocycles. The molecule has 0 radical (unpaired) electrons. The molecule has 0 amide bonds. The molecule has 82 valence electrons. The third-order valence-corrected chi connectivity index (χ3v) is 3.94. The van der Waals surface area contributed by atoms with Crippen LogP contribution in [0.15, 0.2) is 11.1 Å². The van der Waals surface area contributed by atoms with Gasteiger partial charge in [-0.15, -0.1) is 11.3 Å². The fraction of sp³-hybridized carbons (Fsp3) is 0.583. The zero-order valence-electron chi connectivity index (χ0n) is 9.79. The Morgan fingerprint density at radius 1 is 1.53 bits per heavy atom. The Labute approximate surface area is 95.4 Å². The lowest BCUT2D eigenvalue weighted by Gasteiger charge is -2.21. The largest absolute Gasteiger partial charge is 0.335 e. The molecule has 1 atom stereocenters. The predicted molar refractivity (Wildman–Crippen MR) is 68.0 cm³/mol. The van der Waals surface area contributed by atoms with Crippen molar-refractivity contribution in [1.82, 2.24) is 0 Å². The first kappa shape index (κ1) is 10.7. The van der Waals surface area contributed by atoms with Gasteiger partial charge in [0.1, 0.15) is 5.84 Å². The molecular formula is C12H18N2S. The van der Waals surface area contributed by atoms with E-state index in [2.05, 4.69) is 44.1 Å². The van der Waals surface area contributed by atoms with Gasteiger partial charge < -0.3 is 5.32 Å². The van der Waals surface area contributed by atoms with Crippen LogP contribution in [-0.2, 0) is 6.42 Å². The Morgan fingerprint density at radius 3 is 2.87 bits per heavy atom. The summed E-state index contributed by atoms with van der Waals surface area (Å²) < 4.78 is 0. The summed E-state index contributed by atoms with van der Waals surface area (Å²) in [5.41, 5.74) is 1.36. The Bertz CT molecular complexity index is 390. The Balaban J connectivity index is 2.33. The first-order valence-corrected chi connectivity index (χ1v) is 6.40. The molecule has 2 heterocycles. The molecule has 1 unspecified atom stereocenters. The van der Waals surface area contributed by atoms with Gasteiger partial charge in [0.15, 0.2) is 0 Å². The summed E-state index contributed by atoms with van der Waals surface area (Å²) in [5, 5.41) is 4.75. The highest BCUT2D eigenvalue weighted by atomic mass is 32.1. The molecule has 1 aliphatic rings. The molecule has 1 aromatic heterocycles. The van der Waals surface area contributed by atoms with Gasteiger partial charge in [-0.3, -0.25) is 4.99 Å². The van der Waals surface area contributed by atoms with Crippen molar-refractivity contribution in [3.63, 3.8) is 0 Å². The lowest BCUT2D eigenvalue weighted by molar-refractivity contribution is 0.775. The number of hydrogen-bond donors (Lipinski definition) is 1. The monoisotopic (exact) mass is 222 g/mol. The van der Waals surface area contributed by atoms with E-state index in [1.807, 2.05) is 11.3 Å². The van der Waals surface area contributed by atoms with Crippen LogP contribution in [0.4, 0.5) is 5.00 Å². The van der Waals surface area contributed by atoms with E-state index in [1.54, 1.807) is 0 Å². The van der Waals surface area contributed by atoms with Gasteiger partial charge in [-0.25, -0.2) is 0 Å². The number of nitrogens with zero attached hydrogens (tertiary/aromatic N) is 1. The smallest absolute Gasteiger partial charge is 0.105 e. The second-order valence-corrected chi connectivity index (χ2v) is 5.46. The Morgan fingerprint density at radius 2 is 2.27 bits per heavy atom. The molecule has 0 fully saturated rings. The van der Waals surface area contributed by atoms with Crippen LogP contribution in [0.5, 0.6) is 0 Å². The molecule has 3 heteroatoms. The summed E-state index contributed by atoms with van der Waals surface area (Å²) in [6.45, 7) is 8.73. The quantitative estimate of drug-likeness (QED) is 0.807. The van der Waals surface area contributed by atoms with E-state index in [1.165, 1.54) is 15.4 Å². The van der Waals surface area contributed by atoms with Crippen molar-refractivity contribution in [2.24, 2.45) is 10.9 Å². The van der Waals surface area contributed by atoms with E-state index in [4.69, 9.17) is 0 Å². The zero-order chi connectivity index (χ0) is 11.0. The van der Waals surface area contributed by atoms with E-state index in [0.717, 1.165) is 12.3 Å². The number of fused-ring (bicyclic) bond motifs is 1. The Hall–Kier alpha value is -0.830. The van der Waals surface area contributed by atoms with Gasteiger partial charge >= 0.3 is 0 Å². The number of thiophene rings is 1. The van der Waals surface area contributed by atoms with Crippen LogP contribution >= 0.6 is 11.3 Å². The number of rotatable bonds is 2. The van der Waals surface area contributed by atoms with Crippen molar-refractivity contribution in [2.75, 3.05) is 5.32 Å². The van der Waals surface area contributed by atoms with Crippen LogP contribution in [-0.4, -0.2) is 5.84 Å². The highest BCUT2D eigenvalue weighted by molar-refractivity contribution is 7.16. The van der Waals surface area contributed by atoms with Gasteiger partial charge in [0, 0.05) is 16.4 Å². The third-order valence-electron chi connectivity index (χ3n) is 2.73. The molecule has 0 aliphatic carbocycles. The molecule has 1 aromatic rings. The maximum atomic E-state index is 4.68. The van der Waals surface area contributed by atoms with Gasteiger partial charge in [0.05, 0.1) is 11.0 Å². The average Bonchev–Trinajstić information content (AvgIpc) is 2.61. The number of aryl methyl sites for hydroxylation is 1. The third kappa shape index (κ3) is 1.93. The van der Waals surface area contributed by atoms with Crippen molar-refractivity contribution in [2.45, 2.75) is 40.2 Å². The summed E-state index contributed by atoms with van der Waals surface area (Å²) in [6.07, 6.45) is 1.11. The van der Waals surface area contributed by atoms with Crippen LogP contribution in [0.2, 0.25) is 0 Å². The molecule has 0 saturated heterocycles. The number of anilines is 1. The van der Waals surface area contributed by atoms with E-state index < -0.39 is 0 Å². The van der Waals surface area contributed by atoms with Gasteiger partial charge in [0.25, 0.3) is 0 Å². The maximum absolute atomic E-state index is 4.68.